The Morgan fingerprint density at radius 3 is 2.28 bits per heavy atom. The lowest BCUT2D eigenvalue weighted by molar-refractivity contribution is -0.160. The van der Waals surface area contributed by atoms with Crippen LogP contribution in [0, 0.1) is 11.8 Å². The molecule has 2 saturated heterocycles. The fourth-order valence-electron chi connectivity index (χ4n) is 4.69. The van der Waals surface area contributed by atoms with Crippen LogP contribution < -0.4 is 0 Å². The summed E-state index contributed by atoms with van der Waals surface area (Å²) in [6.45, 7) is 2.03. The smallest absolute Gasteiger partial charge is 0.321 e. The van der Waals surface area contributed by atoms with Crippen LogP contribution in [0.2, 0.25) is 0 Å². The summed E-state index contributed by atoms with van der Waals surface area (Å²) in [5.41, 5.74) is 1.88. The minimum Gasteiger partial charge on any atom is -0.392 e. The van der Waals surface area contributed by atoms with Crippen molar-refractivity contribution in [1.82, 2.24) is 0 Å². The number of fused-ring (bicyclic) bond motifs is 8. The van der Waals surface area contributed by atoms with Gasteiger partial charge >= 0.3 is 11.9 Å². The van der Waals surface area contributed by atoms with Crippen LogP contribution >= 0.6 is 11.8 Å². The van der Waals surface area contributed by atoms with Gasteiger partial charge in [0.05, 0.1) is 0 Å². The van der Waals surface area contributed by atoms with E-state index in [9.17, 15) is 9.59 Å². The topological polar surface area (TPSA) is 52.6 Å². The Balaban J connectivity index is 1.86. The lowest BCUT2D eigenvalue weighted by atomic mass is 9.67. The summed E-state index contributed by atoms with van der Waals surface area (Å²) in [6, 6.07) is 17.6. The largest absolute Gasteiger partial charge is 0.392 e. The number of ether oxygens (including phenoxy) is 2. The molecule has 5 rings (SSSR count). The third kappa shape index (κ3) is 1.63. The van der Waals surface area contributed by atoms with Gasteiger partial charge in [-0.25, -0.2) is 0 Å². The highest BCUT2D eigenvalue weighted by molar-refractivity contribution is 8.00. The van der Waals surface area contributed by atoms with Crippen LogP contribution in [0.4, 0.5) is 0 Å². The molecule has 0 saturated carbocycles. The van der Waals surface area contributed by atoms with E-state index in [4.69, 9.17) is 9.47 Å². The summed E-state index contributed by atoms with van der Waals surface area (Å²) in [5, 5.41) is 0. The van der Waals surface area contributed by atoms with Crippen LogP contribution in [0.1, 0.15) is 23.6 Å². The van der Waals surface area contributed by atoms with Crippen LogP contribution in [0.5, 0.6) is 0 Å². The van der Waals surface area contributed by atoms with Crippen molar-refractivity contribution >= 4 is 23.7 Å². The Morgan fingerprint density at radius 1 is 0.920 bits per heavy atom. The molecule has 3 aliphatic rings. The number of cyclic esters (lactones) is 2. The normalized spacial score (nSPS) is 34.8. The summed E-state index contributed by atoms with van der Waals surface area (Å²) < 4.78 is 11.8. The third-order valence-electron chi connectivity index (χ3n) is 5.47. The van der Waals surface area contributed by atoms with E-state index in [1.165, 1.54) is 0 Å². The minimum atomic E-state index is -0.964. The van der Waals surface area contributed by atoms with E-state index in [1.54, 1.807) is 11.8 Å². The van der Waals surface area contributed by atoms with Gasteiger partial charge in [-0.15, -0.1) is 11.8 Å². The predicted molar refractivity (Wildman–Crippen MR) is 92.6 cm³/mol. The number of benzene rings is 2. The van der Waals surface area contributed by atoms with E-state index in [0.717, 1.165) is 22.4 Å². The van der Waals surface area contributed by atoms with Crippen LogP contribution in [-0.4, -0.2) is 17.7 Å². The molecule has 5 heteroatoms. The van der Waals surface area contributed by atoms with Gasteiger partial charge in [0, 0.05) is 5.56 Å². The summed E-state index contributed by atoms with van der Waals surface area (Å²) in [5.74, 6) is -1.43. The van der Waals surface area contributed by atoms with E-state index in [1.807, 2.05) is 61.5 Å². The predicted octanol–water partition coefficient (Wildman–Crippen LogP) is 3.20. The molecular weight excluding hydrogens is 336 g/mol. The number of esters is 2. The van der Waals surface area contributed by atoms with Crippen molar-refractivity contribution in [3.8, 4) is 0 Å². The van der Waals surface area contributed by atoms with Crippen molar-refractivity contribution < 1.29 is 19.1 Å². The number of thioether (sulfide) groups is 1. The molecule has 0 N–H and O–H groups in total. The Morgan fingerprint density at radius 2 is 1.56 bits per heavy atom. The molecular formula is C20H16O4S. The number of carbonyl (C=O) groups is 2. The molecule has 3 heterocycles. The molecule has 2 aromatic rings. The van der Waals surface area contributed by atoms with Gasteiger partial charge in [0.25, 0.3) is 0 Å². The van der Waals surface area contributed by atoms with Crippen molar-refractivity contribution in [1.29, 1.82) is 0 Å². The second-order valence-electron chi connectivity index (χ2n) is 6.55. The van der Waals surface area contributed by atoms with E-state index in [-0.39, 0.29) is 0 Å². The summed E-state index contributed by atoms with van der Waals surface area (Å²) in [4.78, 5) is 24.4. The van der Waals surface area contributed by atoms with Gasteiger partial charge < -0.3 is 9.47 Å². The van der Waals surface area contributed by atoms with Crippen LogP contribution in [0.15, 0.2) is 54.6 Å². The first-order valence-corrected chi connectivity index (χ1v) is 9.39. The van der Waals surface area contributed by atoms with Crippen LogP contribution in [-0.2, 0) is 29.6 Å². The molecule has 2 aromatic carbocycles. The molecule has 0 radical (unpaired) electrons. The number of carbonyl (C=O) groups excluding carboxylic acids is 2. The molecule has 0 amide bonds. The first-order valence-electron chi connectivity index (χ1n) is 8.40. The maximum Gasteiger partial charge on any atom is 0.321 e. The highest BCUT2D eigenvalue weighted by Gasteiger charge is 2.78. The summed E-state index contributed by atoms with van der Waals surface area (Å²) in [7, 11) is 0. The van der Waals surface area contributed by atoms with Gasteiger partial charge in [-0.3, -0.25) is 9.59 Å². The van der Waals surface area contributed by atoms with Gasteiger partial charge in [-0.1, -0.05) is 61.5 Å². The lowest BCUT2D eigenvalue weighted by Gasteiger charge is -2.32. The molecule has 0 aliphatic carbocycles. The number of hydrogen-bond donors (Lipinski definition) is 0. The first-order chi connectivity index (χ1) is 12.1. The highest BCUT2D eigenvalue weighted by Crippen LogP contribution is 2.71. The molecule has 126 valence electrons. The Labute approximate surface area is 149 Å². The highest BCUT2D eigenvalue weighted by atomic mass is 32.2. The zero-order valence-corrected chi connectivity index (χ0v) is 14.4. The monoisotopic (exact) mass is 352 g/mol. The lowest BCUT2D eigenvalue weighted by Crippen LogP contribution is -2.40. The maximum atomic E-state index is 12.7. The first kappa shape index (κ1) is 15.2. The van der Waals surface area contributed by atoms with Gasteiger partial charge in [0.2, 0.25) is 0 Å². The third-order valence-corrected chi connectivity index (χ3v) is 6.74. The second kappa shape index (κ2) is 4.96. The summed E-state index contributed by atoms with van der Waals surface area (Å²) in [6.07, 6.45) is 0. The van der Waals surface area contributed by atoms with Crippen molar-refractivity contribution in [3.63, 3.8) is 0 Å². The molecule has 0 unspecified atom stereocenters. The molecule has 25 heavy (non-hydrogen) atoms. The molecule has 2 bridgehead atoms. The van der Waals surface area contributed by atoms with Crippen molar-refractivity contribution in [2.24, 2.45) is 11.8 Å². The molecule has 3 aliphatic heterocycles. The molecule has 4 nitrogen and oxygen atoms in total. The van der Waals surface area contributed by atoms with Crippen molar-refractivity contribution in [2.75, 3.05) is 5.75 Å². The second-order valence-corrected chi connectivity index (χ2v) is 8.02. The number of rotatable bonds is 3. The molecule has 0 spiro atoms. The van der Waals surface area contributed by atoms with Gasteiger partial charge in [-0.05, 0) is 16.9 Å². The average Bonchev–Trinajstić information content (AvgIpc) is 3.22. The Kier molecular flexibility index (Phi) is 3.01. The molecule has 2 fully saturated rings. The SMILES string of the molecule is CCS[C@@]12O[C@@](c3ccccc3)(c3ccccc31)[C@H]1C(=O)OC(=O)[C@H]12. The van der Waals surface area contributed by atoms with E-state index in [0.29, 0.717) is 0 Å². The van der Waals surface area contributed by atoms with E-state index in [2.05, 4.69) is 0 Å². The van der Waals surface area contributed by atoms with Crippen LogP contribution in [0.3, 0.4) is 0 Å². The van der Waals surface area contributed by atoms with E-state index < -0.39 is 34.3 Å². The van der Waals surface area contributed by atoms with Crippen LogP contribution in [0.25, 0.3) is 0 Å². The Hall–Kier alpha value is -2.11. The fourth-order valence-corrected chi connectivity index (χ4v) is 6.05. The van der Waals surface area contributed by atoms with E-state index >= 15 is 0 Å². The standard InChI is InChI=1S/C20H16O4S/c1-2-25-20-14-11-7-6-10-13(14)19(24-20,12-8-4-3-5-9-12)15-16(20)18(22)23-17(15)21/h3-11,15-16H,2H2,1H3/t15-,16+,19+,20+/m1/s1. The fraction of sp³-hybridized carbons (Fsp3) is 0.300. The molecule has 0 aromatic heterocycles. The van der Waals surface area contributed by atoms with Gasteiger partial charge in [0.1, 0.15) is 17.4 Å². The Bertz CT molecular complexity index is 896. The average molecular weight is 352 g/mol. The summed E-state index contributed by atoms with van der Waals surface area (Å²) >= 11 is 1.57. The van der Waals surface area contributed by atoms with Gasteiger partial charge in [-0.2, -0.15) is 0 Å². The number of hydrogen-bond acceptors (Lipinski definition) is 5. The zero-order valence-electron chi connectivity index (χ0n) is 13.6. The van der Waals surface area contributed by atoms with Crippen molar-refractivity contribution in [3.05, 3.63) is 71.3 Å². The van der Waals surface area contributed by atoms with Gasteiger partial charge in [0.15, 0.2) is 4.93 Å². The zero-order chi connectivity index (χ0) is 17.2. The minimum absolute atomic E-state index is 0.469. The quantitative estimate of drug-likeness (QED) is 0.627. The molecule has 4 atom stereocenters. The maximum absolute atomic E-state index is 12.7. The van der Waals surface area contributed by atoms with Crippen molar-refractivity contribution in [2.45, 2.75) is 17.5 Å².